The highest BCUT2D eigenvalue weighted by Gasteiger charge is 2.17. The highest BCUT2D eigenvalue weighted by atomic mass is 35.5. The van der Waals surface area contributed by atoms with Gasteiger partial charge in [0.05, 0.1) is 21.2 Å². The second kappa shape index (κ2) is 10.3. The van der Waals surface area contributed by atoms with E-state index in [1.165, 1.54) is 43.2 Å². The second-order valence-electron chi connectivity index (χ2n) is 7.75. The number of sulfonamides is 1. The van der Waals surface area contributed by atoms with E-state index in [0.717, 1.165) is 32.0 Å². The summed E-state index contributed by atoms with van der Waals surface area (Å²) in [4.78, 5) is 15.0. The van der Waals surface area contributed by atoms with E-state index in [4.69, 9.17) is 11.6 Å². The van der Waals surface area contributed by atoms with Gasteiger partial charge in [0.15, 0.2) is 0 Å². The average molecular weight is 450 g/mol. The van der Waals surface area contributed by atoms with Crippen LogP contribution in [-0.2, 0) is 10.0 Å². The lowest BCUT2D eigenvalue weighted by molar-refractivity contribution is 0.0950. The Hall–Kier alpha value is -2.09. The largest absolute Gasteiger partial charge is 0.352 e. The van der Waals surface area contributed by atoms with E-state index in [1.807, 2.05) is 0 Å². The van der Waals surface area contributed by atoms with Crippen LogP contribution in [0.5, 0.6) is 0 Å². The lowest BCUT2D eigenvalue weighted by Gasteiger charge is -2.30. The van der Waals surface area contributed by atoms with E-state index < -0.39 is 10.0 Å². The molecule has 0 aromatic heterocycles. The Morgan fingerprint density at radius 2 is 1.83 bits per heavy atom. The van der Waals surface area contributed by atoms with Gasteiger partial charge < -0.3 is 10.2 Å². The topological polar surface area (TPSA) is 78.5 Å². The van der Waals surface area contributed by atoms with Gasteiger partial charge in [0.25, 0.3) is 15.9 Å². The molecule has 0 saturated carbocycles. The fraction of sp³-hybridized carbons (Fsp3) is 0.409. The summed E-state index contributed by atoms with van der Waals surface area (Å²) in [5, 5.41) is 3.09. The van der Waals surface area contributed by atoms with Gasteiger partial charge in [-0.25, -0.2) is 8.42 Å². The normalized spacial score (nSPS) is 15.7. The van der Waals surface area contributed by atoms with Crippen LogP contribution in [-0.4, -0.2) is 45.4 Å². The van der Waals surface area contributed by atoms with E-state index in [1.54, 1.807) is 18.2 Å². The van der Waals surface area contributed by atoms with Crippen LogP contribution >= 0.6 is 11.6 Å². The Labute approximate surface area is 183 Å². The summed E-state index contributed by atoms with van der Waals surface area (Å²) in [6.45, 7) is 6.09. The lowest BCUT2D eigenvalue weighted by atomic mass is 9.99. The quantitative estimate of drug-likeness (QED) is 0.597. The highest BCUT2D eigenvalue weighted by molar-refractivity contribution is 7.92. The Bertz CT molecular complexity index is 959. The zero-order chi connectivity index (χ0) is 21.6. The smallest absolute Gasteiger partial charge is 0.261 e. The molecule has 6 nitrogen and oxygen atoms in total. The number of amides is 1. The number of piperidine rings is 1. The molecule has 1 saturated heterocycles. The van der Waals surface area contributed by atoms with Gasteiger partial charge in [-0.15, -0.1) is 0 Å². The molecule has 0 atom stereocenters. The summed E-state index contributed by atoms with van der Waals surface area (Å²) < 4.78 is 27.3. The molecular formula is C22H28ClN3O3S. The number of carbonyl (C=O) groups excluding carboxylic acids is 1. The molecule has 2 aromatic rings. The molecule has 1 fully saturated rings. The maximum atomic E-state index is 12.4. The zero-order valence-corrected chi connectivity index (χ0v) is 18.7. The molecule has 0 radical (unpaired) electrons. The standard InChI is InChI=1S/C22H28ClN3O3S/c1-17-10-14-26(15-11-17)13-5-12-24-22(27)20-9-8-18(16-21(20)23)25-30(28,29)19-6-3-2-4-7-19/h2-4,6-9,16-17,25H,5,10-15H2,1H3,(H,24,27). The van der Waals surface area contributed by atoms with Crippen LogP contribution in [0.4, 0.5) is 5.69 Å². The van der Waals surface area contributed by atoms with Gasteiger partial charge >= 0.3 is 0 Å². The van der Waals surface area contributed by atoms with Crippen LogP contribution in [0.15, 0.2) is 53.4 Å². The Morgan fingerprint density at radius 1 is 1.13 bits per heavy atom. The van der Waals surface area contributed by atoms with Gasteiger partial charge in [-0.05, 0) is 75.1 Å². The van der Waals surface area contributed by atoms with E-state index >= 15 is 0 Å². The molecule has 162 valence electrons. The summed E-state index contributed by atoms with van der Waals surface area (Å²) in [5.74, 6) is 0.549. The molecule has 0 bridgehead atoms. The molecule has 1 heterocycles. The first-order valence-corrected chi connectivity index (χ1v) is 12.1. The maximum absolute atomic E-state index is 12.4. The van der Waals surface area contributed by atoms with Crippen molar-refractivity contribution in [1.29, 1.82) is 0 Å². The van der Waals surface area contributed by atoms with Gasteiger partial charge in [0.2, 0.25) is 0 Å². The molecule has 0 spiro atoms. The van der Waals surface area contributed by atoms with Crippen molar-refractivity contribution in [2.24, 2.45) is 5.92 Å². The number of carbonyl (C=O) groups is 1. The minimum absolute atomic E-state index is 0.158. The van der Waals surface area contributed by atoms with Gasteiger partial charge in [-0.2, -0.15) is 0 Å². The van der Waals surface area contributed by atoms with E-state index in [-0.39, 0.29) is 15.8 Å². The summed E-state index contributed by atoms with van der Waals surface area (Å²) in [5.41, 5.74) is 0.630. The second-order valence-corrected chi connectivity index (χ2v) is 9.84. The predicted molar refractivity (Wildman–Crippen MR) is 120 cm³/mol. The van der Waals surface area contributed by atoms with Crippen LogP contribution in [0.1, 0.15) is 36.5 Å². The first-order chi connectivity index (χ1) is 14.3. The van der Waals surface area contributed by atoms with Crippen LogP contribution in [0.3, 0.4) is 0 Å². The number of nitrogens with one attached hydrogen (secondary N) is 2. The molecular weight excluding hydrogens is 422 g/mol. The predicted octanol–water partition coefficient (Wildman–Crippen LogP) is 3.99. The number of benzene rings is 2. The van der Waals surface area contributed by atoms with Crippen molar-refractivity contribution in [3.8, 4) is 0 Å². The minimum Gasteiger partial charge on any atom is -0.352 e. The monoisotopic (exact) mass is 449 g/mol. The van der Waals surface area contributed by atoms with Crippen LogP contribution in [0.2, 0.25) is 5.02 Å². The molecule has 2 N–H and O–H groups in total. The highest BCUT2D eigenvalue weighted by Crippen LogP contribution is 2.23. The first kappa shape index (κ1) is 22.6. The van der Waals surface area contributed by atoms with E-state index in [9.17, 15) is 13.2 Å². The van der Waals surface area contributed by atoms with Crippen LogP contribution in [0.25, 0.3) is 0 Å². The molecule has 1 aliphatic rings. The number of halogens is 1. The van der Waals surface area contributed by atoms with Crippen LogP contribution in [0, 0.1) is 5.92 Å². The third-order valence-electron chi connectivity index (χ3n) is 5.33. The molecule has 8 heteroatoms. The van der Waals surface area contributed by atoms with Crippen molar-refractivity contribution >= 4 is 33.2 Å². The van der Waals surface area contributed by atoms with Gasteiger partial charge in [0, 0.05) is 6.54 Å². The lowest BCUT2D eigenvalue weighted by Crippen LogP contribution is -2.35. The summed E-state index contributed by atoms with van der Waals surface area (Å²) in [6, 6.07) is 12.6. The molecule has 0 aliphatic carbocycles. The number of likely N-dealkylation sites (tertiary alicyclic amines) is 1. The van der Waals surface area contributed by atoms with Crippen molar-refractivity contribution in [2.75, 3.05) is 30.9 Å². The molecule has 2 aromatic carbocycles. The van der Waals surface area contributed by atoms with Crippen molar-refractivity contribution in [2.45, 2.75) is 31.1 Å². The fourth-order valence-electron chi connectivity index (χ4n) is 3.46. The summed E-state index contributed by atoms with van der Waals surface area (Å²) >= 11 is 6.24. The van der Waals surface area contributed by atoms with Gasteiger partial charge in [0.1, 0.15) is 0 Å². The minimum atomic E-state index is -3.71. The number of rotatable bonds is 8. The van der Waals surface area contributed by atoms with Crippen molar-refractivity contribution in [3.63, 3.8) is 0 Å². The van der Waals surface area contributed by atoms with Crippen molar-refractivity contribution < 1.29 is 13.2 Å². The Morgan fingerprint density at radius 3 is 2.50 bits per heavy atom. The fourth-order valence-corrected chi connectivity index (χ4v) is 4.80. The van der Waals surface area contributed by atoms with Crippen molar-refractivity contribution in [1.82, 2.24) is 10.2 Å². The molecule has 0 unspecified atom stereocenters. The summed E-state index contributed by atoms with van der Waals surface area (Å²) in [6.07, 6.45) is 3.36. The number of hydrogen-bond donors (Lipinski definition) is 2. The molecule has 1 amide bonds. The summed E-state index contributed by atoms with van der Waals surface area (Å²) in [7, 11) is -3.71. The Kier molecular flexibility index (Phi) is 7.75. The Balaban J connectivity index is 1.51. The zero-order valence-electron chi connectivity index (χ0n) is 17.1. The number of nitrogens with zero attached hydrogens (tertiary/aromatic N) is 1. The number of hydrogen-bond acceptors (Lipinski definition) is 4. The third-order valence-corrected chi connectivity index (χ3v) is 7.04. The molecule has 3 rings (SSSR count). The molecule has 30 heavy (non-hydrogen) atoms. The average Bonchev–Trinajstić information content (AvgIpc) is 2.73. The van der Waals surface area contributed by atoms with E-state index in [0.29, 0.717) is 17.8 Å². The van der Waals surface area contributed by atoms with Crippen LogP contribution < -0.4 is 10.0 Å². The number of anilines is 1. The van der Waals surface area contributed by atoms with Gasteiger partial charge in [-0.3, -0.25) is 9.52 Å². The third kappa shape index (κ3) is 6.20. The molecule has 1 aliphatic heterocycles. The SMILES string of the molecule is CC1CCN(CCCNC(=O)c2ccc(NS(=O)(=O)c3ccccc3)cc2Cl)CC1. The van der Waals surface area contributed by atoms with Gasteiger partial charge in [-0.1, -0.05) is 36.7 Å². The van der Waals surface area contributed by atoms with Crippen molar-refractivity contribution in [3.05, 3.63) is 59.1 Å². The first-order valence-electron chi connectivity index (χ1n) is 10.2. The maximum Gasteiger partial charge on any atom is 0.261 e. The van der Waals surface area contributed by atoms with E-state index in [2.05, 4.69) is 21.9 Å².